The summed E-state index contributed by atoms with van der Waals surface area (Å²) in [4.78, 5) is 9.15. The van der Waals surface area contributed by atoms with Crippen LogP contribution in [0.15, 0.2) is 18.2 Å². The highest BCUT2D eigenvalue weighted by Gasteiger charge is 2.19. The predicted octanol–water partition coefficient (Wildman–Crippen LogP) is 3.69. The second kappa shape index (κ2) is 5.90. The van der Waals surface area contributed by atoms with Gasteiger partial charge >= 0.3 is 0 Å². The van der Waals surface area contributed by atoms with Crippen molar-refractivity contribution >= 4 is 11.6 Å². The molecule has 0 amide bonds. The van der Waals surface area contributed by atoms with Crippen molar-refractivity contribution in [2.45, 2.75) is 25.7 Å². The van der Waals surface area contributed by atoms with Crippen LogP contribution in [-0.4, -0.2) is 24.2 Å². The molecule has 1 aliphatic rings. The first-order valence-electron chi connectivity index (χ1n) is 7.00. The minimum Gasteiger partial charge on any atom is -0.497 e. The largest absolute Gasteiger partial charge is 0.497 e. The van der Waals surface area contributed by atoms with Gasteiger partial charge in [-0.1, -0.05) is 11.6 Å². The van der Waals surface area contributed by atoms with E-state index in [9.17, 15) is 0 Å². The van der Waals surface area contributed by atoms with Crippen molar-refractivity contribution in [1.29, 1.82) is 0 Å². The molecule has 0 spiro atoms. The maximum Gasteiger partial charge on any atom is 0.164 e. The van der Waals surface area contributed by atoms with Crippen LogP contribution in [0.1, 0.15) is 24.1 Å². The first-order chi connectivity index (χ1) is 10.2. The lowest BCUT2D eigenvalue weighted by molar-refractivity contribution is 0.395. The second-order valence-corrected chi connectivity index (χ2v) is 5.39. The fourth-order valence-electron chi connectivity index (χ4n) is 2.65. The number of ether oxygens (including phenoxy) is 2. The summed E-state index contributed by atoms with van der Waals surface area (Å²) in [6.45, 7) is 0. The summed E-state index contributed by atoms with van der Waals surface area (Å²) in [5, 5.41) is 0.563. The number of methoxy groups -OCH3 is 2. The molecule has 1 aliphatic carbocycles. The lowest BCUT2D eigenvalue weighted by Gasteiger charge is -2.17. The van der Waals surface area contributed by atoms with Crippen LogP contribution in [0.5, 0.6) is 11.5 Å². The van der Waals surface area contributed by atoms with Crippen LogP contribution < -0.4 is 9.47 Å². The molecule has 5 heteroatoms. The smallest absolute Gasteiger partial charge is 0.164 e. The van der Waals surface area contributed by atoms with E-state index in [4.69, 9.17) is 26.1 Å². The minimum absolute atomic E-state index is 0.563. The lowest BCUT2D eigenvalue weighted by Crippen LogP contribution is -2.09. The summed E-state index contributed by atoms with van der Waals surface area (Å²) in [6.07, 6.45) is 4.23. The Morgan fingerprint density at radius 1 is 1.05 bits per heavy atom. The molecule has 0 atom stereocenters. The SMILES string of the molecule is COc1ccc(-c2nc(Cl)c3c(n2)CCCC3)c(OC)c1. The van der Waals surface area contributed by atoms with E-state index in [2.05, 4.69) is 4.98 Å². The normalized spacial score (nSPS) is 13.7. The highest BCUT2D eigenvalue weighted by Crippen LogP contribution is 2.34. The predicted molar refractivity (Wildman–Crippen MR) is 82.2 cm³/mol. The van der Waals surface area contributed by atoms with Gasteiger partial charge in [0.05, 0.1) is 19.8 Å². The van der Waals surface area contributed by atoms with Crippen LogP contribution in [0.3, 0.4) is 0 Å². The molecule has 0 N–H and O–H groups in total. The Balaban J connectivity index is 2.10. The van der Waals surface area contributed by atoms with Gasteiger partial charge in [-0.05, 0) is 37.8 Å². The van der Waals surface area contributed by atoms with Crippen LogP contribution in [-0.2, 0) is 12.8 Å². The van der Waals surface area contributed by atoms with Gasteiger partial charge in [-0.3, -0.25) is 0 Å². The van der Waals surface area contributed by atoms with E-state index in [1.165, 1.54) is 0 Å². The number of hydrogen-bond donors (Lipinski definition) is 0. The van der Waals surface area contributed by atoms with Crippen LogP contribution in [0.2, 0.25) is 5.15 Å². The maximum absolute atomic E-state index is 6.33. The Hall–Kier alpha value is -1.81. The van der Waals surface area contributed by atoms with Crippen LogP contribution in [0, 0.1) is 0 Å². The third-order valence-corrected chi connectivity index (χ3v) is 4.09. The highest BCUT2D eigenvalue weighted by atomic mass is 35.5. The molecule has 110 valence electrons. The third-order valence-electron chi connectivity index (χ3n) is 3.78. The Morgan fingerprint density at radius 3 is 2.62 bits per heavy atom. The molecule has 3 rings (SSSR count). The fraction of sp³-hybridized carbons (Fsp3) is 0.375. The molecule has 0 fully saturated rings. The molecule has 2 aromatic rings. The molecule has 0 saturated heterocycles. The number of nitrogens with zero attached hydrogens (tertiary/aromatic N) is 2. The van der Waals surface area contributed by atoms with E-state index < -0.39 is 0 Å². The van der Waals surface area contributed by atoms with Crippen molar-refractivity contribution in [2.75, 3.05) is 14.2 Å². The molecule has 0 radical (unpaired) electrons. The molecular formula is C16H17ClN2O2. The van der Waals surface area contributed by atoms with Crippen molar-refractivity contribution < 1.29 is 9.47 Å². The number of aromatic nitrogens is 2. The van der Waals surface area contributed by atoms with Crippen molar-refractivity contribution in [1.82, 2.24) is 9.97 Å². The van der Waals surface area contributed by atoms with Gasteiger partial charge in [0.15, 0.2) is 5.82 Å². The summed E-state index contributed by atoms with van der Waals surface area (Å²) in [7, 11) is 3.25. The first-order valence-corrected chi connectivity index (χ1v) is 7.38. The maximum atomic E-state index is 6.33. The van der Waals surface area contributed by atoms with E-state index in [1.807, 2.05) is 18.2 Å². The van der Waals surface area contributed by atoms with Crippen molar-refractivity contribution in [3.63, 3.8) is 0 Å². The standard InChI is InChI=1S/C16H17ClN2O2/c1-20-10-7-8-12(14(9-10)21-2)16-18-13-6-4-3-5-11(13)15(17)19-16/h7-9H,3-6H2,1-2H3. The molecule has 0 saturated carbocycles. The monoisotopic (exact) mass is 304 g/mol. The summed E-state index contributed by atoms with van der Waals surface area (Å²) in [5.41, 5.74) is 2.99. The van der Waals surface area contributed by atoms with Gasteiger partial charge in [0.2, 0.25) is 0 Å². The number of halogens is 1. The van der Waals surface area contributed by atoms with Crippen molar-refractivity contribution in [2.24, 2.45) is 0 Å². The van der Waals surface area contributed by atoms with Crippen LogP contribution in [0.25, 0.3) is 11.4 Å². The molecule has 1 aromatic heterocycles. The first kappa shape index (κ1) is 14.1. The molecule has 0 aliphatic heterocycles. The second-order valence-electron chi connectivity index (χ2n) is 5.04. The Bertz CT molecular complexity index is 674. The van der Waals surface area contributed by atoms with Crippen LogP contribution >= 0.6 is 11.6 Å². The van der Waals surface area contributed by atoms with E-state index >= 15 is 0 Å². The number of rotatable bonds is 3. The van der Waals surface area contributed by atoms with Crippen molar-refractivity contribution in [3.8, 4) is 22.9 Å². The van der Waals surface area contributed by atoms with E-state index in [-0.39, 0.29) is 0 Å². The Labute approximate surface area is 129 Å². The van der Waals surface area contributed by atoms with Gasteiger partial charge < -0.3 is 9.47 Å². The number of fused-ring (bicyclic) bond motifs is 1. The molecule has 0 unspecified atom stereocenters. The van der Waals surface area contributed by atoms with Crippen molar-refractivity contribution in [3.05, 3.63) is 34.6 Å². The van der Waals surface area contributed by atoms with Gasteiger partial charge in [0.1, 0.15) is 16.7 Å². The summed E-state index contributed by atoms with van der Waals surface area (Å²) < 4.78 is 10.6. The van der Waals surface area contributed by atoms with E-state index in [0.29, 0.717) is 16.7 Å². The molecule has 1 aromatic carbocycles. The van der Waals surface area contributed by atoms with Gasteiger partial charge in [0.25, 0.3) is 0 Å². The van der Waals surface area contributed by atoms with Gasteiger partial charge in [-0.25, -0.2) is 9.97 Å². The molecule has 0 bridgehead atoms. The molecule has 21 heavy (non-hydrogen) atoms. The average molecular weight is 305 g/mol. The summed E-state index contributed by atoms with van der Waals surface area (Å²) in [5.74, 6) is 2.03. The van der Waals surface area contributed by atoms with Crippen LogP contribution in [0.4, 0.5) is 0 Å². The van der Waals surface area contributed by atoms with Gasteiger partial charge in [0, 0.05) is 17.3 Å². The summed E-state index contributed by atoms with van der Waals surface area (Å²) in [6, 6.07) is 5.60. The Morgan fingerprint density at radius 2 is 1.86 bits per heavy atom. The summed E-state index contributed by atoms with van der Waals surface area (Å²) >= 11 is 6.33. The van der Waals surface area contributed by atoms with Gasteiger partial charge in [-0.15, -0.1) is 0 Å². The zero-order valence-corrected chi connectivity index (χ0v) is 12.9. The molecule has 1 heterocycles. The molecule has 4 nitrogen and oxygen atoms in total. The molecular weight excluding hydrogens is 288 g/mol. The van der Waals surface area contributed by atoms with Gasteiger partial charge in [-0.2, -0.15) is 0 Å². The Kier molecular flexibility index (Phi) is 3.97. The van der Waals surface area contributed by atoms with E-state index in [0.717, 1.165) is 48.3 Å². The van der Waals surface area contributed by atoms with E-state index in [1.54, 1.807) is 14.2 Å². The third kappa shape index (κ3) is 2.68. The fourth-order valence-corrected chi connectivity index (χ4v) is 2.94. The number of hydrogen-bond acceptors (Lipinski definition) is 4. The zero-order valence-electron chi connectivity index (χ0n) is 12.1. The number of benzene rings is 1. The quantitative estimate of drug-likeness (QED) is 0.811. The number of aryl methyl sites for hydroxylation is 1. The highest BCUT2D eigenvalue weighted by molar-refractivity contribution is 6.30. The lowest BCUT2D eigenvalue weighted by atomic mass is 9.97. The minimum atomic E-state index is 0.563. The average Bonchev–Trinajstić information content (AvgIpc) is 2.54. The topological polar surface area (TPSA) is 44.2 Å². The zero-order chi connectivity index (χ0) is 14.8.